The van der Waals surface area contributed by atoms with Crippen LogP contribution in [0.1, 0.15) is 31.4 Å². The van der Waals surface area contributed by atoms with Gasteiger partial charge in [-0.15, -0.1) is 0 Å². The lowest BCUT2D eigenvalue weighted by Crippen LogP contribution is -2.23. The molecule has 3 heteroatoms. The number of amides is 1. The summed E-state index contributed by atoms with van der Waals surface area (Å²) in [7, 11) is 4.11. The zero-order valence-corrected chi connectivity index (χ0v) is 11.9. The molecule has 0 fully saturated rings. The van der Waals surface area contributed by atoms with Crippen LogP contribution in [0.15, 0.2) is 24.3 Å². The molecule has 0 aliphatic carbocycles. The number of benzene rings is 1. The maximum absolute atomic E-state index is 11.5. The average molecular weight is 248 g/mol. The van der Waals surface area contributed by atoms with Gasteiger partial charge in [0.05, 0.1) is 0 Å². The van der Waals surface area contributed by atoms with Gasteiger partial charge < -0.3 is 10.2 Å². The van der Waals surface area contributed by atoms with Crippen LogP contribution < -0.4 is 5.32 Å². The minimum Gasteiger partial charge on any atom is -0.352 e. The quantitative estimate of drug-likeness (QED) is 0.838. The van der Waals surface area contributed by atoms with Crippen LogP contribution >= 0.6 is 0 Å². The highest BCUT2D eigenvalue weighted by molar-refractivity contribution is 5.76. The third-order valence-electron chi connectivity index (χ3n) is 2.61. The molecule has 0 heterocycles. The fourth-order valence-corrected chi connectivity index (χ4v) is 1.77. The predicted molar refractivity (Wildman–Crippen MR) is 75.1 cm³/mol. The van der Waals surface area contributed by atoms with E-state index in [1.54, 1.807) is 0 Å². The van der Waals surface area contributed by atoms with Crippen LogP contribution in [0.5, 0.6) is 0 Å². The molecule has 0 spiro atoms. The summed E-state index contributed by atoms with van der Waals surface area (Å²) in [5.74, 6) is 0.537. The Morgan fingerprint density at radius 2 is 1.72 bits per heavy atom. The molecular weight excluding hydrogens is 224 g/mol. The largest absolute Gasteiger partial charge is 0.352 e. The first-order valence-corrected chi connectivity index (χ1v) is 6.46. The van der Waals surface area contributed by atoms with Gasteiger partial charge in [0.25, 0.3) is 0 Å². The van der Waals surface area contributed by atoms with Crippen molar-refractivity contribution < 1.29 is 4.79 Å². The van der Waals surface area contributed by atoms with E-state index >= 15 is 0 Å². The van der Waals surface area contributed by atoms with Gasteiger partial charge >= 0.3 is 0 Å². The Morgan fingerprint density at radius 3 is 2.22 bits per heavy atom. The molecule has 1 aromatic rings. The van der Waals surface area contributed by atoms with E-state index in [1.165, 1.54) is 5.56 Å². The fraction of sp³-hybridized carbons (Fsp3) is 0.533. The van der Waals surface area contributed by atoms with E-state index in [0.29, 0.717) is 18.9 Å². The first-order valence-electron chi connectivity index (χ1n) is 6.46. The van der Waals surface area contributed by atoms with Crippen molar-refractivity contribution >= 4 is 5.91 Å². The molecule has 0 aliphatic rings. The average Bonchev–Trinajstić information content (AvgIpc) is 2.26. The summed E-state index contributed by atoms with van der Waals surface area (Å²) in [6.07, 6.45) is 0.596. The highest BCUT2D eigenvalue weighted by atomic mass is 16.1. The standard InChI is InChI=1S/C15H24N2O/c1-12(2)9-15(18)16-10-13-5-7-14(8-6-13)11-17(3)4/h5-8,12H,9-11H2,1-4H3,(H,16,18). The molecule has 0 bridgehead atoms. The molecule has 0 radical (unpaired) electrons. The second-order valence-corrected chi connectivity index (χ2v) is 5.43. The minimum atomic E-state index is 0.127. The van der Waals surface area contributed by atoms with Gasteiger partial charge in [-0.25, -0.2) is 0 Å². The summed E-state index contributed by atoms with van der Waals surface area (Å²) in [5.41, 5.74) is 2.44. The Bertz CT molecular complexity index is 369. The third-order valence-corrected chi connectivity index (χ3v) is 2.61. The van der Waals surface area contributed by atoms with E-state index in [1.807, 2.05) is 0 Å². The zero-order chi connectivity index (χ0) is 13.5. The first-order chi connectivity index (χ1) is 8.47. The van der Waals surface area contributed by atoms with Gasteiger partial charge in [-0.2, -0.15) is 0 Å². The Labute approximate surface area is 110 Å². The smallest absolute Gasteiger partial charge is 0.220 e. The highest BCUT2D eigenvalue weighted by Crippen LogP contribution is 2.06. The predicted octanol–water partition coefficient (Wildman–Crippen LogP) is 2.41. The lowest BCUT2D eigenvalue weighted by atomic mass is 10.1. The van der Waals surface area contributed by atoms with Crippen LogP contribution in [-0.4, -0.2) is 24.9 Å². The SMILES string of the molecule is CC(C)CC(=O)NCc1ccc(CN(C)C)cc1. The molecule has 0 aromatic heterocycles. The van der Waals surface area contributed by atoms with Crippen molar-refractivity contribution in [3.8, 4) is 0 Å². The van der Waals surface area contributed by atoms with Gasteiger partial charge in [-0.3, -0.25) is 4.79 Å². The second kappa shape index (κ2) is 7.17. The Balaban J connectivity index is 2.41. The maximum Gasteiger partial charge on any atom is 0.220 e. The number of nitrogens with one attached hydrogen (secondary N) is 1. The molecule has 18 heavy (non-hydrogen) atoms. The number of nitrogens with zero attached hydrogens (tertiary/aromatic N) is 1. The molecule has 0 aliphatic heterocycles. The number of hydrogen-bond donors (Lipinski definition) is 1. The van der Waals surface area contributed by atoms with Crippen LogP contribution in [0.4, 0.5) is 0 Å². The number of carbonyl (C=O) groups is 1. The van der Waals surface area contributed by atoms with Crippen LogP contribution in [0.3, 0.4) is 0 Å². The first kappa shape index (κ1) is 14.7. The Hall–Kier alpha value is -1.35. The molecule has 1 amide bonds. The van der Waals surface area contributed by atoms with Gasteiger partial charge in [0, 0.05) is 19.5 Å². The van der Waals surface area contributed by atoms with Crippen molar-refractivity contribution in [1.29, 1.82) is 0 Å². The zero-order valence-electron chi connectivity index (χ0n) is 11.9. The van der Waals surface area contributed by atoms with E-state index in [9.17, 15) is 4.79 Å². The van der Waals surface area contributed by atoms with Gasteiger partial charge in [0.2, 0.25) is 5.91 Å². The van der Waals surface area contributed by atoms with Crippen molar-refractivity contribution in [2.75, 3.05) is 14.1 Å². The molecule has 1 rings (SSSR count). The fourth-order valence-electron chi connectivity index (χ4n) is 1.77. The van der Waals surface area contributed by atoms with Crippen molar-refractivity contribution in [3.05, 3.63) is 35.4 Å². The lowest BCUT2D eigenvalue weighted by molar-refractivity contribution is -0.121. The Kier molecular flexibility index (Phi) is 5.86. The summed E-state index contributed by atoms with van der Waals surface area (Å²) >= 11 is 0. The highest BCUT2D eigenvalue weighted by Gasteiger charge is 2.04. The summed E-state index contributed by atoms with van der Waals surface area (Å²) < 4.78 is 0. The van der Waals surface area contributed by atoms with Crippen LogP contribution in [0.25, 0.3) is 0 Å². The van der Waals surface area contributed by atoms with Gasteiger partial charge in [0.1, 0.15) is 0 Å². The molecule has 0 atom stereocenters. The molecule has 3 nitrogen and oxygen atoms in total. The maximum atomic E-state index is 11.5. The van der Waals surface area contributed by atoms with Crippen molar-refractivity contribution in [3.63, 3.8) is 0 Å². The Morgan fingerprint density at radius 1 is 1.17 bits per heavy atom. The van der Waals surface area contributed by atoms with E-state index in [4.69, 9.17) is 0 Å². The minimum absolute atomic E-state index is 0.127. The molecule has 1 aromatic carbocycles. The van der Waals surface area contributed by atoms with E-state index < -0.39 is 0 Å². The molecular formula is C15H24N2O. The van der Waals surface area contributed by atoms with Crippen LogP contribution in [0.2, 0.25) is 0 Å². The van der Waals surface area contributed by atoms with E-state index in [0.717, 1.165) is 12.1 Å². The summed E-state index contributed by atoms with van der Waals surface area (Å²) in [4.78, 5) is 13.7. The van der Waals surface area contributed by atoms with Crippen molar-refractivity contribution in [2.24, 2.45) is 5.92 Å². The van der Waals surface area contributed by atoms with Gasteiger partial charge in [-0.05, 0) is 31.1 Å². The monoisotopic (exact) mass is 248 g/mol. The summed E-state index contributed by atoms with van der Waals surface area (Å²) in [6.45, 7) is 5.67. The number of rotatable bonds is 6. The molecule has 100 valence electrons. The van der Waals surface area contributed by atoms with Gasteiger partial charge in [-0.1, -0.05) is 38.1 Å². The second-order valence-electron chi connectivity index (χ2n) is 5.43. The summed E-state index contributed by atoms with van der Waals surface area (Å²) in [5, 5.41) is 2.94. The number of hydrogen-bond acceptors (Lipinski definition) is 2. The van der Waals surface area contributed by atoms with E-state index in [2.05, 4.69) is 62.4 Å². The van der Waals surface area contributed by atoms with Crippen LogP contribution in [-0.2, 0) is 17.9 Å². The van der Waals surface area contributed by atoms with Crippen molar-refractivity contribution in [1.82, 2.24) is 10.2 Å². The third kappa shape index (κ3) is 5.82. The van der Waals surface area contributed by atoms with Crippen molar-refractivity contribution in [2.45, 2.75) is 33.4 Å². The molecule has 0 saturated carbocycles. The van der Waals surface area contributed by atoms with Crippen LogP contribution in [0, 0.1) is 5.92 Å². The normalized spacial score (nSPS) is 11.0. The topological polar surface area (TPSA) is 32.3 Å². The summed E-state index contributed by atoms with van der Waals surface area (Å²) in [6, 6.07) is 8.39. The molecule has 1 N–H and O–H groups in total. The molecule has 0 unspecified atom stereocenters. The van der Waals surface area contributed by atoms with Gasteiger partial charge in [0.15, 0.2) is 0 Å². The lowest BCUT2D eigenvalue weighted by Gasteiger charge is -2.11. The van der Waals surface area contributed by atoms with E-state index in [-0.39, 0.29) is 5.91 Å². The number of carbonyl (C=O) groups excluding carboxylic acids is 1. The molecule has 0 saturated heterocycles.